The highest BCUT2D eigenvalue weighted by Gasteiger charge is 2.31. The van der Waals surface area contributed by atoms with Gasteiger partial charge in [0.2, 0.25) is 0 Å². The molecule has 2 rings (SSSR count). The number of rotatable bonds is 3. The van der Waals surface area contributed by atoms with E-state index in [1.54, 1.807) is 0 Å². The molecule has 0 unspecified atom stereocenters. The highest BCUT2D eigenvalue weighted by Crippen LogP contribution is 2.24. The molecule has 1 fully saturated rings. The van der Waals surface area contributed by atoms with E-state index in [2.05, 4.69) is 0 Å². The largest absolute Gasteiger partial charge is 0.284 e. The minimum Gasteiger partial charge on any atom is -0.284 e. The second-order valence-electron chi connectivity index (χ2n) is 4.44. The van der Waals surface area contributed by atoms with Gasteiger partial charge in [0.25, 0.3) is 10.0 Å². The van der Waals surface area contributed by atoms with Gasteiger partial charge in [-0.3, -0.25) is 4.84 Å². The Labute approximate surface area is 117 Å². The first-order valence-corrected chi connectivity index (χ1v) is 9.21. The van der Waals surface area contributed by atoms with E-state index in [9.17, 15) is 21.2 Å². The van der Waals surface area contributed by atoms with Crippen LogP contribution in [0.15, 0.2) is 28.0 Å². The lowest BCUT2D eigenvalue weighted by molar-refractivity contribution is -0.109. The molecular weight excluding hydrogens is 309 g/mol. The zero-order chi connectivity index (χ0) is 15.0. The second kappa shape index (κ2) is 5.40. The maximum absolute atomic E-state index is 13.8. The third-order valence-electron chi connectivity index (χ3n) is 2.85. The summed E-state index contributed by atoms with van der Waals surface area (Å²) in [6.07, 6.45) is 2.25. The molecule has 0 aromatic heterocycles. The van der Waals surface area contributed by atoms with Crippen molar-refractivity contribution in [2.45, 2.75) is 22.6 Å². The lowest BCUT2D eigenvalue weighted by atomic mass is 10.3. The highest BCUT2D eigenvalue weighted by molar-refractivity contribution is 7.91. The monoisotopic (exact) mass is 323 g/mol. The van der Waals surface area contributed by atoms with E-state index in [0.29, 0.717) is 10.9 Å². The Bertz CT molecular complexity index is 708. The first-order valence-electron chi connectivity index (χ1n) is 5.88. The fraction of sp³-hybridized carbons (Fsp3) is 0.455. The SMILES string of the molecule is CS(=O)(=O)c1ccc(F)c(S(=O)(=O)N2CCCCO2)c1. The van der Waals surface area contributed by atoms with Crippen LogP contribution in [0.1, 0.15) is 12.8 Å². The summed E-state index contributed by atoms with van der Waals surface area (Å²) in [7, 11) is -7.83. The van der Waals surface area contributed by atoms with Gasteiger partial charge in [0.15, 0.2) is 9.84 Å². The molecule has 0 spiro atoms. The van der Waals surface area contributed by atoms with E-state index < -0.39 is 30.6 Å². The Morgan fingerprint density at radius 2 is 1.90 bits per heavy atom. The summed E-state index contributed by atoms with van der Waals surface area (Å²) in [6.45, 7) is 0.345. The lowest BCUT2D eigenvalue weighted by Gasteiger charge is -2.25. The van der Waals surface area contributed by atoms with Crippen molar-refractivity contribution < 1.29 is 26.1 Å². The quantitative estimate of drug-likeness (QED) is 0.774. The molecule has 0 amide bonds. The van der Waals surface area contributed by atoms with Crippen LogP contribution >= 0.6 is 0 Å². The molecule has 112 valence electrons. The molecule has 1 aliphatic rings. The van der Waals surface area contributed by atoms with E-state index >= 15 is 0 Å². The van der Waals surface area contributed by atoms with Crippen LogP contribution in [0.2, 0.25) is 0 Å². The fourth-order valence-corrected chi connectivity index (χ4v) is 3.90. The average molecular weight is 323 g/mol. The molecule has 6 nitrogen and oxygen atoms in total. The van der Waals surface area contributed by atoms with Gasteiger partial charge in [-0.15, -0.1) is 0 Å². The van der Waals surface area contributed by atoms with Crippen LogP contribution in [0, 0.1) is 5.82 Å². The van der Waals surface area contributed by atoms with Gasteiger partial charge in [0, 0.05) is 12.8 Å². The molecule has 0 bridgehead atoms. The second-order valence-corrected chi connectivity index (χ2v) is 8.25. The van der Waals surface area contributed by atoms with Crippen LogP contribution < -0.4 is 0 Å². The van der Waals surface area contributed by atoms with Gasteiger partial charge in [-0.2, -0.15) is 0 Å². The Morgan fingerprint density at radius 1 is 1.20 bits per heavy atom. The highest BCUT2D eigenvalue weighted by atomic mass is 32.2. The molecule has 1 aliphatic heterocycles. The van der Waals surface area contributed by atoms with Crippen LogP contribution in [0.4, 0.5) is 4.39 Å². The lowest BCUT2D eigenvalue weighted by Crippen LogP contribution is -2.36. The van der Waals surface area contributed by atoms with Gasteiger partial charge < -0.3 is 0 Å². The summed E-state index contributed by atoms with van der Waals surface area (Å²) in [5, 5.41) is 0. The molecule has 20 heavy (non-hydrogen) atoms. The van der Waals surface area contributed by atoms with Crippen molar-refractivity contribution in [3.05, 3.63) is 24.0 Å². The minimum atomic E-state index is -4.20. The smallest absolute Gasteiger partial charge is 0.267 e. The van der Waals surface area contributed by atoms with Gasteiger partial charge in [-0.25, -0.2) is 21.2 Å². The molecule has 0 radical (unpaired) electrons. The zero-order valence-electron chi connectivity index (χ0n) is 10.7. The number of hydrogen-bond donors (Lipinski definition) is 0. The third-order valence-corrected chi connectivity index (χ3v) is 5.65. The van der Waals surface area contributed by atoms with E-state index in [1.807, 2.05) is 0 Å². The summed E-state index contributed by atoms with van der Waals surface area (Å²) < 4.78 is 61.8. The molecule has 0 atom stereocenters. The van der Waals surface area contributed by atoms with Gasteiger partial charge in [0.05, 0.1) is 11.5 Å². The van der Waals surface area contributed by atoms with E-state index in [1.165, 1.54) is 0 Å². The minimum absolute atomic E-state index is 0.116. The van der Waals surface area contributed by atoms with Crippen molar-refractivity contribution in [3.8, 4) is 0 Å². The molecule has 9 heteroatoms. The number of hydroxylamine groups is 1. The van der Waals surface area contributed by atoms with Crippen LogP contribution in [0.3, 0.4) is 0 Å². The van der Waals surface area contributed by atoms with Crippen molar-refractivity contribution in [1.82, 2.24) is 4.47 Å². The van der Waals surface area contributed by atoms with E-state index in [-0.39, 0.29) is 18.0 Å². The van der Waals surface area contributed by atoms with Gasteiger partial charge in [-0.05, 0) is 31.0 Å². The first kappa shape index (κ1) is 15.4. The van der Waals surface area contributed by atoms with Crippen molar-refractivity contribution in [1.29, 1.82) is 0 Å². The predicted octanol–water partition coefficient (Wildman–Crippen LogP) is 0.945. The van der Waals surface area contributed by atoms with Crippen molar-refractivity contribution in [3.63, 3.8) is 0 Å². The zero-order valence-corrected chi connectivity index (χ0v) is 12.4. The average Bonchev–Trinajstić information content (AvgIpc) is 2.38. The Balaban J connectivity index is 2.50. The van der Waals surface area contributed by atoms with Crippen molar-refractivity contribution in [2.75, 3.05) is 19.4 Å². The van der Waals surface area contributed by atoms with E-state index in [0.717, 1.165) is 30.9 Å². The summed E-state index contributed by atoms with van der Waals surface area (Å²) in [5.74, 6) is -1.01. The molecule has 1 heterocycles. The van der Waals surface area contributed by atoms with Gasteiger partial charge in [-0.1, -0.05) is 4.47 Å². The third kappa shape index (κ3) is 3.00. The van der Waals surface area contributed by atoms with E-state index in [4.69, 9.17) is 4.84 Å². The summed E-state index contributed by atoms with van der Waals surface area (Å²) in [4.78, 5) is 4.06. The molecule has 1 saturated heterocycles. The normalized spacial score (nSPS) is 18.1. The molecule has 0 aliphatic carbocycles. The fourth-order valence-electron chi connectivity index (χ4n) is 1.79. The first-order chi connectivity index (χ1) is 9.23. The summed E-state index contributed by atoms with van der Waals surface area (Å²) in [5.41, 5.74) is 0. The molecule has 0 saturated carbocycles. The Kier molecular flexibility index (Phi) is 4.14. The Hall–Kier alpha value is -1.03. The van der Waals surface area contributed by atoms with Gasteiger partial charge in [0.1, 0.15) is 10.7 Å². The number of benzene rings is 1. The molecule has 1 aromatic carbocycles. The summed E-state index contributed by atoms with van der Waals surface area (Å²) >= 11 is 0. The maximum atomic E-state index is 13.8. The van der Waals surface area contributed by atoms with Crippen LogP contribution in [0.25, 0.3) is 0 Å². The molecular formula is C11H14FNO5S2. The van der Waals surface area contributed by atoms with Crippen LogP contribution in [0.5, 0.6) is 0 Å². The summed E-state index contributed by atoms with van der Waals surface area (Å²) in [6, 6.07) is 2.67. The Morgan fingerprint density at radius 3 is 2.45 bits per heavy atom. The maximum Gasteiger partial charge on any atom is 0.267 e. The molecule has 0 N–H and O–H groups in total. The van der Waals surface area contributed by atoms with Crippen molar-refractivity contribution >= 4 is 19.9 Å². The predicted molar refractivity (Wildman–Crippen MR) is 68.6 cm³/mol. The molecule has 1 aromatic rings. The van der Waals surface area contributed by atoms with Crippen molar-refractivity contribution in [2.24, 2.45) is 0 Å². The number of halogens is 1. The number of sulfonamides is 1. The van der Waals surface area contributed by atoms with Crippen LogP contribution in [-0.4, -0.2) is 40.7 Å². The number of nitrogens with zero attached hydrogens (tertiary/aromatic N) is 1. The standard InChI is InChI=1S/C11H14FNO5S2/c1-19(14,15)9-4-5-10(12)11(8-9)20(16,17)13-6-2-3-7-18-13/h4-5,8H,2-3,6-7H2,1H3. The number of sulfone groups is 1. The number of hydrogen-bond acceptors (Lipinski definition) is 5. The van der Waals surface area contributed by atoms with Gasteiger partial charge >= 0.3 is 0 Å². The topological polar surface area (TPSA) is 80.8 Å². The van der Waals surface area contributed by atoms with Crippen LogP contribution in [-0.2, 0) is 24.7 Å².